The van der Waals surface area contributed by atoms with Gasteiger partial charge in [0.05, 0.1) is 23.7 Å². The Morgan fingerprint density at radius 2 is 2.23 bits per heavy atom. The van der Waals surface area contributed by atoms with Gasteiger partial charge < -0.3 is 9.14 Å². The van der Waals surface area contributed by atoms with E-state index in [1.165, 1.54) is 10.4 Å². The zero-order chi connectivity index (χ0) is 20.9. The minimum absolute atomic E-state index is 0.0980. The maximum Gasteiger partial charge on any atom is 0.263 e. The summed E-state index contributed by atoms with van der Waals surface area (Å²) in [5.41, 5.74) is 4.47. The summed E-state index contributed by atoms with van der Waals surface area (Å²) in [7, 11) is 0. The third kappa shape index (κ3) is 3.41. The van der Waals surface area contributed by atoms with Crippen LogP contribution in [0.1, 0.15) is 41.0 Å². The third-order valence-electron chi connectivity index (χ3n) is 6.28. The number of thiophene rings is 1. The van der Waals surface area contributed by atoms with Gasteiger partial charge in [-0.1, -0.05) is 17.8 Å². The maximum absolute atomic E-state index is 13.6. The first-order valence-electron chi connectivity index (χ1n) is 10.9. The predicted octanol–water partition coefficient (Wildman–Crippen LogP) is 4.37. The van der Waals surface area contributed by atoms with Crippen molar-refractivity contribution in [1.82, 2.24) is 18.9 Å². The van der Waals surface area contributed by atoms with Crippen LogP contribution in [0.3, 0.4) is 0 Å². The zero-order valence-corrected chi connectivity index (χ0v) is 19.1. The molecule has 0 aromatic carbocycles. The van der Waals surface area contributed by atoms with Crippen molar-refractivity contribution in [2.45, 2.75) is 62.6 Å². The second-order valence-corrected chi connectivity index (χ2v) is 10.5. The smallest absolute Gasteiger partial charge is 0.263 e. The van der Waals surface area contributed by atoms with Crippen LogP contribution in [-0.2, 0) is 29.9 Å². The number of hydrogen-bond donors (Lipinski definition) is 0. The van der Waals surface area contributed by atoms with Crippen LogP contribution < -0.4 is 5.56 Å². The summed E-state index contributed by atoms with van der Waals surface area (Å²) in [4.78, 5) is 25.6. The summed E-state index contributed by atoms with van der Waals surface area (Å²) in [5, 5.41) is 1.63. The van der Waals surface area contributed by atoms with Crippen molar-refractivity contribution in [2.75, 3.05) is 6.61 Å². The first-order chi connectivity index (χ1) is 15.2. The number of nitrogens with zero attached hydrogens (tertiary/aromatic N) is 4. The molecule has 1 unspecified atom stereocenters. The minimum atomic E-state index is 0.0980. The van der Waals surface area contributed by atoms with Crippen LogP contribution in [0.4, 0.5) is 0 Å². The molecular formula is C23H24N4O2S2. The van der Waals surface area contributed by atoms with Crippen molar-refractivity contribution in [1.29, 1.82) is 0 Å². The van der Waals surface area contributed by atoms with E-state index >= 15 is 0 Å². The number of imidazole rings is 1. The predicted molar refractivity (Wildman–Crippen MR) is 124 cm³/mol. The molecule has 1 aliphatic heterocycles. The summed E-state index contributed by atoms with van der Waals surface area (Å²) in [5.74, 6) is 0.676. The fraction of sp³-hybridized carbons (Fsp3) is 0.435. The Bertz CT molecular complexity index is 1350. The molecular weight excluding hydrogens is 428 g/mol. The van der Waals surface area contributed by atoms with Gasteiger partial charge in [0.25, 0.3) is 5.56 Å². The number of rotatable bonds is 5. The van der Waals surface area contributed by atoms with E-state index in [1.54, 1.807) is 23.1 Å². The van der Waals surface area contributed by atoms with E-state index in [2.05, 4.69) is 23.6 Å². The first kappa shape index (κ1) is 19.5. The molecule has 1 saturated heterocycles. The van der Waals surface area contributed by atoms with E-state index in [1.807, 2.05) is 16.8 Å². The van der Waals surface area contributed by atoms with Gasteiger partial charge in [-0.3, -0.25) is 9.36 Å². The van der Waals surface area contributed by atoms with Gasteiger partial charge in [0.2, 0.25) is 0 Å². The molecule has 8 heteroatoms. The number of thioether (sulfide) groups is 1. The number of aromatic nitrogens is 4. The van der Waals surface area contributed by atoms with Gasteiger partial charge in [-0.2, -0.15) is 0 Å². The molecule has 1 fully saturated rings. The lowest BCUT2D eigenvalue weighted by atomic mass is 10.2. The Morgan fingerprint density at radius 3 is 3.06 bits per heavy atom. The first-order valence-corrected chi connectivity index (χ1v) is 12.7. The van der Waals surface area contributed by atoms with Crippen LogP contribution in [0.5, 0.6) is 0 Å². The third-order valence-corrected chi connectivity index (χ3v) is 8.47. The van der Waals surface area contributed by atoms with Crippen LogP contribution >= 0.6 is 23.1 Å². The molecule has 0 spiro atoms. The summed E-state index contributed by atoms with van der Waals surface area (Å²) in [6, 6.07) is 4.11. The lowest BCUT2D eigenvalue weighted by Gasteiger charge is -2.15. The van der Waals surface area contributed by atoms with Crippen LogP contribution in [-0.4, -0.2) is 31.6 Å². The zero-order valence-electron chi connectivity index (χ0n) is 17.5. The van der Waals surface area contributed by atoms with Gasteiger partial charge in [-0.05, 0) is 56.2 Å². The summed E-state index contributed by atoms with van der Waals surface area (Å²) in [6.07, 6.45) is 9.47. The number of pyridine rings is 1. The van der Waals surface area contributed by atoms with Crippen molar-refractivity contribution in [2.24, 2.45) is 0 Å². The monoisotopic (exact) mass is 452 g/mol. The van der Waals surface area contributed by atoms with E-state index in [9.17, 15) is 4.79 Å². The van der Waals surface area contributed by atoms with Gasteiger partial charge in [0.1, 0.15) is 10.5 Å². The van der Waals surface area contributed by atoms with Gasteiger partial charge in [0.15, 0.2) is 5.16 Å². The van der Waals surface area contributed by atoms with E-state index in [0.29, 0.717) is 12.3 Å². The molecule has 0 saturated carbocycles. The lowest BCUT2D eigenvalue weighted by molar-refractivity contribution is 0.0937. The molecule has 0 bridgehead atoms. The molecule has 5 heterocycles. The molecule has 0 amide bonds. The molecule has 6 rings (SSSR count). The summed E-state index contributed by atoms with van der Waals surface area (Å²) in [6.45, 7) is 3.44. The molecule has 0 radical (unpaired) electrons. The molecule has 31 heavy (non-hydrogen) atoms. The highest BCUT2D eigenvalue weighted by atomic mass is 32.2. The summed E-state index contributed by atoms with van der Waals surface area (Å²) >= 11 is 3.31. The maximum atomic E-state index is 13.6. The van der Waals surface area contributed by atoms with Crippen molar-refractivity contribution >= 4 is 39.0 Å². The minimum Gasteiger partial charge on any atom is -0.376 e. The molecule has 160 valence electrons. The van der Waals surface area contributed by atoms with Gasteiger partial charge in [-0.15, -0.1) is 11.3 Å². The average molecular weight is 453 g/mol. The molecule has 4 aromatic heterocycles. The lowest BCUT2D eigenvalue weighted by Crippen LogP contribution is -2.28. The average Bonchev–Trinajstić information content (AvgIpc) is 3.53. The van der Waals surface area contributed by atoms with Crippen LogP contribution in [0.2, 0.25) is 0 Å². The number of ether oxygens (including phenoxy) is 1. The Kier molecular flexibility index (Phi) is 4.89. The van der Waals surface area contributed by atoms with Crippen molar-refractivity contribution < 1.29 is 4.74 Å². The Morgan fingerprint density at radius 1 is 1.29 bits per heavy atom. The van der Waals surface area contributed by atoms with Gasteiger partial charge in [0, 0.05) is 29.6 Å². The molecule has 0 N–H and O–H groups in total. The number of fused-ring (bicyclic) bond motifs is 4. The van der Waals surface area contributed by atoms with E-state index in [0.717, 1.165) is 71.0 Å². The largest absolute Gasteiger partial charge is 0.376 e. The standard InChI is InChI=1S/C23H24N4O2S2/c1-14-5-3-9-26-11-15(24-20(14)26)13-30-23-25-21-19(17-7-2-8-18(17)31-21)22(28)27(23)12-16-6-4-10-29-16/h3,5,9,11,16H,2,4,6-8,10,12-13H2,1H3. The Hall–Kier alpha value is -2.16. The quantitative estimate of drug-likeness (QED) is 0.332. The van der Waals surface area contributed by atoms with Gasteiger partial charge >= 0.3 is 0 Å². The molecule has 2 aliphatic rings. The molecule has 6 nitrogen and oxygen atoms in total. The second kappa shape index (κ2) is 7.76. The normalized spacial score (nSPS) is 18.4. The van der Waals surface area contributed by atoms with Crippen molar-refractivity contribution in [3.05, 3.63) is 56.6 Å². The van der Waals surface area contributed by atoms with Crippen LogP contribution in [0.25, 0.3) is 15.9 Å². The highest BCUT2D eigenvalue weighted by Crippen LogP contribution is 2.36. The molecule has 1 atom stereocenters. The van der Waals surface area contributed by atoms with E-state index in [4.69, 9.17) is 14.7 Å². The number of aryl methyl sites for hydroxylation is 3. The van der Waals surface area contributed by atoms with E-state index < -0.39 is 0 Å². The highest BCUT2D eigenvalue weighted by Gasteiger charge is 2.25. The second-order valence-electron chi connectivity index (χ2n) is 8.43. The molecule has 4 aromatic rings. The fourth-order valence-corrected chi connectivity index (χ4v) is 6.93. The SMILES string of the molecule is Cc1cccn2cc(CSc3nc4sc5c(c4c(=O)n3CC3CCCO3)CCC5)nc12. The van der Waals surface area contributed by atoms with Crippen LogP contribution in [0, 0.1) is 6.92 Å². The Balaban J connectivity index is 1.38. The molecule has 1 aliphatic carbocycles. The Labute approximate surface area is 188 Å². The summed E-state index contributed by atoms with van der Waals surface area (Å²) < 4.78 is 9.79. The van der Waals surface area contributed by atoms with Crippen molar-refractivity contribution in [3.63, 3.8) is 0 Å². The fourth-order valence-electron chi connectivity index (χ4n) is 4.73. The van der Waals surface area contributed by atoms with Gasteiger partial charge in [-0.25, -0.2) is 9.97 Å². The topological polar surface area (TPSA) is 61.4 Å². The number of hydrogen-bond acceptors (Lipinski definition) is 6. The van der Waals surface area contributed by atoms with Crippen molar-refractivity contribution in [3.8, 4) is 0 Å². The van der Waals surface area contributed by atoms with Crippen LogP contribution in [0.15, 0.2) is 34.5 Å². The highest BCUT2D eigenvalue weighted by molar-refractivity contribution is 7.98. The van der Waals surface area contributed by atoms with E-state index in [-0.39, 0.29) is 11.7 Å².